The van der Waals surface area contributed by atoms with Crippen molar-refractivity contribution in [3.05, 3.63) is 76.7 Å². The van der Waals surface area contributed by atoms with Crippen LogP contribution in [0.5, 0.6) is 5.75 Å². The largest absolute Gasteiger partial charge is 0.489 e. The zero-order valence-corrected chi connectivity index (χ0v) is 19.1. The lowest BCUT2D eigenvalue weighted by molar-refractivity contribution is 0.0995. The van der Waals surface area contributed by atoms with E-state index in [0.29, 0.717) is 36.2 Å². The Labute approximate surface area is 192 Å². The fraction of sp³-hybridized carbons (Fsp3) is 0.261. The van der Waals surface area contributed by atoms with Gasteiger partial charge in [-0.25, -0.2) is 8.42 Å². The van der Waals surface area contributed by atoms with Crippen molar-refractivity contribution in [2.75, 3.05) is 18.4 Å². The second kappa shape index (κ2) is 9.36. The highest BCUT2D eigenvalue weighted by Crippen LogP contribution is 2.27. The van der Waals surface area contributed by atoms with Crippen LogP contribution in [0.15, 0.2) is 63.9 Å². The number of hydrogen-bond donors (Lipinski definition) is 1. The van der Waals surface area contributed by atoms with Crippen molar-refractivity contribution < 1.29 is 22.4 Å². The normalized spacial score (nSPS) is 14.4. The summed E-state index contributed by atoms with van der Waals surface area (Å²) >= 11 is 6.13. The van der Waals surface area contributed by atoms with Gasteiger partial charge >= 0.3 is 0 Å². The number of benzene rings is 2. The van der Waals surface area contributed by atoms with Crippen LogP contribution in [0.1, 0.15) is 34.7 Å². The predicted molar refractivity (Wildman–Crippen MR) is 122 cm³/mol. The van der Waals surface area contributed by atoms with Gasteiger partial charge in [0, 0.05) is 35.4 Å². The number of ether oxygens (including phenoxy) is 1. The minimum absolute atomic E-state index is 0.0351. The molecule has 0 atom stereocenters. The fourth-order valence-electron chi connectivity index (χ4n) is 3.50. The first-order valence-corrected chi connectivity index (χ1v) is 12.0. The molecule has 1 amide bonds. The molecule has 1 fully saturated rings. The molecule has 0 saturated carbocycles. The molecule has 2 aromatic carbocycles. The third kappa shape index (κ3) is 4.82. The monoisotopic (exact) mass is 474 g/mol. The summed E-state index contributed by atoms with van der Waals surface area (Å²) in [4.78, 5) is 12.6. The first kappa shape index (κ1) is 22.4. The highest BCUT2D eigenvalue weighted by Gasteiger charge is 2.31. The highest BCUT2D eigenvalue weighted by molar-refractivity contribution is 7.89. The molecule has 4 rings (SSSR count). The summed E-state index contributed by atoms with van der Waals surface area (Å²) in [6.45, 7) is 2.84. The van der Waals surface area contributed by atoms with Crippen molar-refractivity contribution in [3.8, 4) is 5.75 Å². The van der Waals surface area contributed by atoms with Crippen molar-refractivity contribution in [2.45, 2.75) is 31.3 Å². The van der Waals surface area contributed by atoms with Crippen LogP contribution in [0.2, 0.25) is 5.02 Å². The van der Waals surface area contributed by atoms with Gasteiger partial charge < -0.3 is 14.5 Å². The van der Waals surface area contributed by atoms with E-state index in [1.165, 1.54) is 10.4 Å². The second-order valence-corrected chi connectivity index (χ2v) is 9.81. The van der Waals surface area contributed by atoms with Crippen LogP contribution in [0, 0.1) is 6.92 Å². The Morgan fingerprint density at radius 2 is 1.81 bits per heavy atom. The van der Waals surface area contributed by atoms with E-state index in [2.05, 4.69) is 5.32 Å². The number of carbonyl (C=O) groups is 1. The summed E-state index contributed by atoms with van der Waals surface area (Å²) in [6, 6.07) is 15.6. The van der Waals surface area contributed by atoms with E-state index in [4.69, 9.17) is 20.8 Å². The Kier molecular flexibility index (Phi) is 6.55. The van der Waals surface area contributed by atoms with Gasteiger partial charge in [0.25, 0.3) is 5.91 Å². The Bertz CT molecular complexity index is 1220. The van der Waals surface area contributed by atoms with Crippen LogP contribution >= 0.6 is 11.6 Å². The van der Waals surface area contributed by atoms with Gasteiger partial charge in [-0.15, -0.1) is 0 Å². The number of rotatable bonds is 7. The standard InChI is InChI=1S/C23H23ClN2O5S/c1-16-22(32(28,29)26-12-4-5-13-26)14-21(31-16)23(27)25-18-8-10-19(11-9-18)30-15-17-6-2-3-7-20(17)24/h2-3,6-11,14H,4-5,12-13,15H2,1H3,(H,25,27). The van der Waals surface area contributed by atoms with Gasteiger partial charge in [-0.1, -0.05) is 29.8 Å². The zero-order chi connectivity index (χ0) is 22.7. The maximum Gasteiger partial charge on any atom is 0.291 e. The Morgan fingerprint density at radius 1 is 1.12 bits per heavy atom. The fourth-order valence-corrected chi connectivity index (χ4v) is 5.37. The lowest BCUT2D eigenvalue weighted by Crippen LogP contribution is -2.28. The third-order valence-electron chi connectivity index (χ3n) is 5.24. The number of sulfonamides is 1. The average Bonchev–Trinajstić information content (AvgIpc) is 3.45. The molecule has 0 radical (unpaired) electrons. The molecular weight excluding hydrogens is 452 g/mol. The summed E-state index contributed by atoms with van der Waals surface area (Å²) in [5.74, 6) is 0.237. The molecular formula is C23H23ClN2O5S. The number of halogens is 1. The number of amides is 1. The maximum atomic E-state index is 12.8. The molecule has 1 aliphatic heterocycles. The molecule has 1 saturated heterocycles. The van der Waals surface area contributed by atoms with Crippen molar-refractivity contribution in [1.29, 1.82) is 0 Å². The SMILES string of the molecule is Cc1oc(C(=O)Nc2ccc(OCc3ccccc3Cl)cc2)cc1S(=O)(=O)N1CCCC1. The Hall–Kier alpha value is -2.81. The molecule has 0 bridgehead atoms. The predicted octanol–water partition coefficient (Wildman–Crippen LogP) is 4.86. The van der Waals surface area contributed by atoms with Gasteiger partial charge in [-0.2, -0.15) is 4.31 Å². The minimum Gasteiger partial charge on any atom is -0.489 e. The van der Waals surface area contributed by atoms with E-state index in [0.717, 1.165) is 18.4 Å². The first-order chi connectivity index (χ1) is 15.3. The topological polar surface area (TPSA) is 88.8 Å². The van der Waals surface area contributed by atoms with Crippen LogP contribution in [0.3, 0.4) is 0 Å². The number of nitrogens with one attached hydrogen (secondary N) is 1. The molecule has 9 heteroatoms. The van der Waals surface area contributed by atoms with E-state index in [1.54, 1.807) is 37.3 Å². The average molecular weight is 475 g/mol. The number of nitrogens with zero attached hydrogens (tertiary/aromatic N) is 1. The van der Waals surface area contributed by atoms with Crippen LogP contribution in [-0.2, 0) is 16.6 Å². The third-order valence-corrected chi connectivity index (χ3v) is 7.62. The van der Waals surface area contributed by atoms with Gasteiger partial charge in [-0.3, -0.25) is 4.79 Å². The van der Waals surface area contributed by atoms with E-state index in [1.807, 2.05) is 18.2 Å². The van der Waals surface area contributed by atoms with E-state index < -0.39 is 15.9 Å². The quantitative estimate of drug-likeness (QED) is 0.528. The van der Waals surface area contributed by atoms with Crippen molar-refractivity contribution >= 4 is 33.2 Å². The highest BCUT2D eigenvalue weighted by atomic mass is 35.5. The lowest BCUT2D eigenvalue weighted by atomic mass is 10.2. The maximum absolute atomic E-state index is 12.8. The molecule has 7 nitrogen and oxygen atoms in total. The summed E-state index contributed by atoms with van der Waals surface area (Å²) in [5.41, 5.74) is 1.40. The van der Waals surface area contributed by atoms with Gasteiger partial charge in [0.2, 0.25) is 10.0 Å². The van der Waals surface area contributed by atoms with Crippen molar-refractivity contribution in [3.63, 3.8) is 0 Å². The van der Waals surface area contributed by atoms with Gasteiger partial charge in [-0.05, 0) is 50.1 Å². The van der Waals surface area contributed by atoms with Crippen LogP contribution < -0.4 is 10.1 Å². The summed E-state index contributed by atoms with van der Waals surface area (Å²) in [5, 5.41) is 3.35. The molecule has 2 heterocycles. The summed E-state index contributed by atoms with van der Waals surface area (Å²) in [7, 11) is -3.66. The second-order valence-electron chi connectivity index (χ2n) is 7.50. The number of anilines is 1. The summed E-state index contributed by atoms with van der Waals surface area (Å²) in [6.07, 6.45) is 1.67. The minimum atomic E-state index is -3.66. The molecule has 168 valence electrons. The molecule has 1 N–H and O–H groups in total. The number of aryl methyl sites for hydroxylation is 1. The van der Waals surface area contributed by atoms with Crippen LogP contribution in [0.4, 0.5) is 5.69 Å². The first-order valence-electron chi connectivity index (χ1n) is 10.2. The molecule has 32 heavy (non-hydrogen) atoms. The number of carbonyl (C=O) groups excluding carboxylic acids is 1. The lowest BCUT2D eigenvalue weighted by Gasteiger charge is -2.14. The van der Waals surface area contributed by atoms with E-state index >= 15 is 0 Å². The van der Waals surface area contributed by atoms with Gasteiger partial charge in [0.05, 0.1) is 0 Å². The molecule has 0 spiro atoms. The molecule has 1 aromatic heterocycles. The van der Waals surface area contributed by atoms with E-state index in [-0.39, 0.29) is 16.4 Å². The number of furan rings is 1. The molecule has 1 aliphatic rings. The Balaban J connectivity index is 1.40. The molecule has 0 unspecified atom stereocenters. The molecule has 3 aromatic rings. The van der Waals surface area contributed by atoms with Crippen LogP contribution in [0.25, 0.3) is 0 Å². The number of hydrogen-bond acceptors (Lipinski definition) is 5. The van der Waals surface area contributed by atoms with E-state index in [9.17, 15) is 13.2 Å². The van der Waals surface area contributed by atoms with Crippen molar-refractivity contribution in [1.82, 2.24) is 4.31 Å². The zero-order valence-electron chi connectivity index (χ0n) is 17.5. The van der Waals surface area contributed by atoms with Gasteiger partial charge in [0.1, 0.15) is 23.0 Å². The van der Waals surface area contributed by atoms with Crippen molar-refractivity contribution in [2.24, 2.45) is 0 Å². The van der Waals surface area contributed by atoms with Gasteiger partial charge in [0.15, 0.2) is 5.76 Å². The van der Waals surface area contributed by atoms with Crippen LogP contribution in [-0.4, -0.2) is 31.7 Å². The Morgan fingerprint density at radius 3 is 2.50 bits per heavy atom. The smallest absolute Gasteiger partial charge is 0.291 e. The molecule has 0 aliphatic carbocycles. The summed E-state index contributed by atoms with van der Waals surface area (Å²) < 4.78 is 38.2.